The van der Waals surface area contributed by atoms with E-state index < -0.39 is 0 Å². The number of ether oxygens (including phenoxy) is 1. The Morgan fingerprint density at radius 3 is 2.70 bits per heavy atom. The van der Waals surface area contributed by atoms with Gasteiger partial charge in [0.15, 0.2) is 5.82 Å². The molecule has 0 aliphatic rings. The molecule has 0 spiro atoms. The van der Waals surface area contributed by atoms with Crippen LogP contribution in [0.3, 0.4) is 0 Å². The second-order valence-corrected chi connectivity index (χ2v) is 6.50. The van der Waals surface area contributed by atoms with Crippen molar-refractivity contribution in [2.45, 2.75) is 26.8 Å². The smallest absolute Gasteiger partial charge is 0.280 e. The van der Waals surface area contributed by atoms with Crippen LogP contribution >= 0.6 is 0 Å². The number of hydrogen-bond acceptors (Lipinski definition) is 5. The average Bonchev–Trinajstić information content (AvgIpc) is 3.13. The number of carbonyl (C=O) groups excluding carboxylic acids is 1. The summed E-state index contributed by atoms with van der Waals surface area (Å²) < 4.78 is 6.30. The summed E-state index contributed by atoms with van der Waals surface area (Å²) in [5.74, 6) is 0.0927. The largest absolute Gasteiger partial charge is 0.383 e. The number of aromatic amines is 1. The van der Waals surface area contributed by atoms with Crippen molar-refractivity contribution in [2.24, 2.45) is 0 Å². The normalized spacial score (nSPS) is 13.3. The summed E-state index contributed by atoms with van der Waals surface area (Å²) in [6.45, 7) is 5.83. The third kappa shape index (κ3) is 5.43. The minimum Gasteiger partial charge on any atom is -0.383 e. The van der Waals surface area contributed by atoms with Crippen molar-refractivity contribution >= 4 is 11.5 Å². The van der Waals surface area contributed by atoms with E-state index in [1.54, 1.807) is 56.7 Å². The molecule has 2 aromatic heterocycles. The highest BCUT2D eigenvalue weighted by atomic mass is 16.5. The van der Waals surface area contributed by atoms with Crippen LogP contribution < -0.4 is 10.9 Å². The average molecular weight is 407 g/mol. The fourth-order valence-electron chi connectivity index (χ4n) is 2.72. The first-order chi connectivity index (χ1) is 14.4. The molecule has 8 heteroatoms. The summed E-state index contributed by atoms with van der Waals surface area (Å²) in [6.07, 6.45) is 9.85. The molecule has 1 atom stereocenters. The van der Waals surface area contributed by atoms with Gasteiger partial charge in [-0.1, -0.05) is 18.2 Å². The lowest BCUT2D eigenvalue weighted by atomic mass is 10.1. The maximum absolute atomic E-state index is 12.8. The van der Waals surface area contributed by atoms with Crippen LogP contribution in [-0.2, 0) is 4.74 Å². The molecule has 2 rings (SSSR count). The van der Waals surface area contributed by atoms with Crippen LogP contribution in [0.1, 0.15) is 36.7 Å². The molecular formula is C22H25N5O3. The summed E-state index contributed by atoms with van der Waals surface area (Å²) in [5, 5.41) is 14.7. The molecule has 0 aliphatic heterocycles. The summed E-state index contributed by atoms with van der Waals surface area (Å²) in [6, 6.07) is 5.13. The van der Waals surface area contributed by atoms with Gasteiger partial charge in [0, 0.05) is 31.1 Å². The number of rotatable bonds is 8. The Morgan fingerprint density at radius 2 is 2.13 bits per heavy atom. The van der Waals surface area contributed by atoms with Crippen molar-refractivity contribution in [3.8, 4) is 11.9 Å². The Morgan fingerprint density at radius 1 is 1.37 bits per heavy atom. The molecule has 2 aromatic rings. The van der Waals surface area contributed by atoms with Crippen LogP contribution in [0.25, 0.3) is 11.4 Å². The predicted octanol–water partition coefficient (Wildman–Crippen LogP) is 2.75. The van der Waals surface area contributed by atoms with E-state index >= 15 is 0 Å². The Bertz CT molecular complexity index is 1070. The number of pyridine rings is 1. The van der Waals surface area contributed by atoms with Gasteiger partial charge in [-0.05, 0) is 44.6 Å². The highest BCUT2D eigenvalue weighted by Crippen LogP contribution is 2.14. The first-order valence-electron chi connectivity index (χ1n) is 9.43. The Balaban J connectivity index is 2.24. The van der Waals surface area contributed by atoms with Gasteiger partial charge in [-0.25, -0.2) is 9.67 Å². The molecule has 2 N–H and O–H groups in total. The second kappa shape index (κ2) is 10.7. The molecule has 30 heavy (non-hydrogen) atoms. The third-order valence-electron chi connectivity index (χ3n) is 4.31. The molecule has 0 saturated carbocycles. The molecule has 1 amide bonds. The summed E-state index contributed by atoms with van der Waals surface area (Å²) >= 11 is 0. The summed E-state index contributed by atoms with van der Waals surface area (Å²) in [7, 11) is 1.57. The molecule has 0 aromatic carbocycles. The van der Waals surface area contributed by atoms with Crippen LogP contribution in [0.15, 0.2) is 59.2 Å². The number of H-pyrrole nitrogens is 1. The molecule has 0 saturated heterocycles. The Kier molecular flexibility index (Phi) is 8.08. The predicted molar refractivity (Wildman–Crippen MR) is 115 cm³/mol. The number of allylic oxidation sites excluding steroid dienone is 6. The quantitative estimate of drug-likeness (QED) is 0.516. The van der Waals surface area contributed by atoms with Crippen molar-refractivity contribution in [1.29, 1.82) is 5.26 Å². The van der Waals surface area contributed by atoms with E-state index in [9.17, 15) is 9.59 Å². The zero-order valence-corrected chi connectivity index (χ0v) is 17.5. The van der Waals surface area contributed by atoms with E-state index in [2.05, 4.69) is 21.5 Å². The standard InChI is InChI=1S/C22H25N5O3/c1-5-16(11-23)7-8-17(6-2)19-13-25-27(22(19)29)20-10-9-18(12-24-20)21(28)26-15(3)14-30-4/h5-10,12-13,15,25H,14H2,1-4H3,(H,26,28)/b8-7-,16-5+,17-6-. The van der Waals surface area contributed by atoms with Crippen molar-refractivity contribution in [3.63, 3.8) is 0 Å². The summed E-state index contributed by atoms with van der Waals surface area (Å²) in [4.78, 5) is 29.3. The lowest BCUT2D eigenvalue weighted by molar-refractivity contribution is 0.0905. The van der Waals surface area contributed by atoms with E-state index in [0.29, 0.717) is 34.7 Å². The number of nitriles is 1. The first kappa shape index (κ1) is 22.6. The minimum absolute atomic E-state index is 0.132. The number of carbonyl (C=O) groups is 1. The molecule has 156 valence electrons. The van der Waals surface area contributed by atoms with Gasteiger partial charge in [0.25, 0.3) is 11.5 Å². The summed E-state index contributed by atoms with van der Waals surface area (Å²) in [5.41, 5.74) is 1.71. The first-order valence-corrected chi connectivity index (χ1v) is 9.43. The van der Waals surface area contributed by atoms with Gasteiger partial charge < -0.3 is 10.1 Å². The molecule has 0 aliphatic carbocycles. The maximum Gasteiger partial charge on any atom is 0.280 e. The van der Waals surface area contributed by atoms with Crippen LogP contribution in [0.4, 0.5) is 0 Å². The van der Waals surface area contributed by atoms with E-state index in [1.165, 1.54) is 10.9 Å². The molecule has 0 radical (unpaired) electrons. The van der Waals surface area contributed by atoms with E-state index in [0.717, 1.165) is 0 Å². The number of amides is 1. The van der Waals surface area contributed by atoms with Crippen LogP contribution in [-0.4, -0.2) is 40.4 Å². The Hall–Kier alpha value is -3.70. The van der Waals surface area contributed by atoms with Gasteiger partial charge in [-0.3, -0.25) is 14.7 Å². The number of nitrogens with one attached hydrogen (secondary N) is 2. The molecular weight excluding hydrogens is 382 g/mol. The number of hydrogen-bond donors (Lipinski definition) is 2. The van der Waals surface area contributed by atoms with Crippen molar-refractivity contribution < 1.29 is 9.53 Å². The topological polar surface area (TPSA) is 113 Å². The van der Waals surface area contributed by atoms with E-state index in [-0.39, 0.29) is 17.5 Å². The lowest BCUT2D eigenvalue weighted by Crippen LogP contribution is -2.35. The monoisotopic (exact) mass is 407 g/mol. The van der Waals surface area contributed by atoms with E-state index in [1.807, 2.05) is 13.8 Å². The number of nitrogens with zero attached hydrogens (tertiary/aromatic N) is 3. The van der Waals surface area contributed by atoms with E-state index in [4.69, 9.17) is 10.00 Å². The molecule has 1 unspecified atom stereocenters. The van der Waals surface area contributed by atoms with Crippen molar-refractivity contribution in [1.82, 2.24) is 20.1 Å². The van der Waals surface area contributed by atoms with Gasteiger partial charge in [0.2, 0.25) is 0 Å². The van der Waals surface area contributed by atoms with Crippen LogP contribution in [0, 0.1) is 11.3 Å². The van der Waals surface area contributed by atoms with Gasteiger partial charge in [-0.15, -0.1) is 0 Å². The number of aromatic nitrogens is 3. The highest BCUT2D eigenvalue weighted by Gasteiger charge is 2.13. The molecule has 2 heterocycles. The van der Waals surface area contributed by atoms with Crippen LogP contribution in [0.5, 0.6) is 0 Å². The van der Waals surface area contributed by atoms with Crippen molar-refractivity contribution in [2.75, 3.05) is 13.7 Å². The zero-order valence-electron chi connectivity index (χ0n) is 17.5. The van der Waals surface area contributed by atoms with Crippen LogP contribution in [0.2, 0.25) is 0 Å². The highest BCUT2D eigenvalue weighted by molar-refractivity contribution is 5.94. The third-order valence-corrected chi connectivity index (χ3v) is 4.31. The van der Waals surface area contributed by atoms with Gasteiger partial charge >= 0.3 is 0 Å². The van der Waals surface area contributed by atoms with Gasteiger partial charge in [0.05, 0.1) is 23.8 Å². The molecule has 0 bridgehead atoms. The minimum atomic E-state index is -0.287. The lowest BCUT2D eigenvalue weighted by Gasteiger charge is -2.12. The SMILES string of the molecule is C/C=C(/C=C\C(C#N)=C/C)c1c[nH]n(-c2ccc(C(=O)NC(C)COC)cn2)c1=O. The fraction of sp³-hybridized carbons (Fsp3) is 0.273. The van der Waals surface area contributed by atoms with Gasteiger partial charge in [0.1, 0.15) is 0 Å². The number of methoxy groups -OCH3 is 1. The Labute approximate surface area is 175 Å². The fourth-order valence-corrected chi connectivity index (χ4v) is 2.72. The molecule has 8 nitrogen and oxygen atoms in total. The van der Waals surface area contributed by atoms with Gasteiger partial charge in [-0.2, -0.15) is 5.26 Å². The van der Waals surface area contributed by atoms with Crippen molar-refractivity contribution in [3.05, 3.63) is 75.9 Å². The second-order valence-electron chi connectivity index (χ2n) is 6.50. The maximum atomic E-state index is 12.8. The molecule has 0 fully saturated rings. The zero-order chi connectivity index (χ0) is 22.1.